The molecule has 116 valence electrons. The molecule has 3 N–H and O–H groups in total. The van der Waals surface area contributed by atoms with E-state index in [-0.39, 0.29) is 11.3 Å². The van der Waals surface area contributed by atoms with E-state index in [2.05, 4.69) is 4.74 Å². The second kappa shape index (κ2) is 6.07. The van der Waals surface area contributed by atoms with E-state index in [4.69, 9.17) is 10.8 Å². The molecule has 22 heavy (non-hydrogen) atoms. The smallest absolute Gasteiger partial charge is 0.478 e. The molecule has 0 saturated heterocycles. The number of aromatic carboxylic acids is 1. The number of carboxylic acid groups (broad SMARTS) is 1. The topological polar surface area (TPSA) is 72.5 Å². The quantitative estimate of drug-likeness (QED) is 0.908. The van der Waals surface area contributed by atoms with Gasteiger partial charge >= 0.3 is 12.3 Å². The first-order valence-corrected chi connectivity index (χ1v) is 6.21. The third kappa shape index (κ3) is 3.98. The van der Waals surface area contributed by atoms with Gasteiger partial charge in [0, 0.05) is 0 Å². The third-order valence-corrected chi connectivity index (χ3v) is 2.99. The Morgan fingerprint density at radius 2 is 1.45 bits per heavy atom. The number of rotatable bonds is 4. The summed E-state index contributed by atoms with van der Waals surface area (Å²) in [5.41, 5.74) is 7.37. The molecule has 0 radical (unpaired) electrons. The van der Waals surface area contributed by atoms with Crippen molar-refractivity contribution in [2.75, 3.05) is 0 Å². The molecule has 0 bridgehead atoms. The van der Waals surface area contributed by atoms with Crippen molar-refractivity contribution in [2.45, 2.75) is 12.4 Å². The minimum absolute atomic E-state index is 0.130. The van der Waals surface area contributed by atoms with Crippen LogP contribution in [0.5, 0.6) is 5.75 Å². The Hall–Kier alpha value is -2.54. The Kier molecular flexibility index (Phi) is 4.37. The number of carbonyl (C=O) groups is 1. The summed E-state index contributed by atoms with van der Waals surface area (Å²) in [6.07, 6.45) is -4.74. The van der Waals surface area contributed by atoms with Crippen molar-refractivity contribution in [3.8, 4) is 5.75 Å². The highest BCUT2D eigenvalue weighted by atomic mass is 19.4. The lowest BCUT2D eigenvalue weighted by molar-refractivity contribution is -0.274. The van der Waals surface area contributed by atoms with Gasteiger partial charge in [0.25, 0.3) is 0 Å². The Morgan fingerprint density at radius 1 is 1.00 bits per heavy atom. The highest BCUT2D eigenvalue weighted by Crippen LogP contribution is 2.26. The molecule has 2 rings (SSSR count). The van der Waals surface area contributed by atoms with E-state index in [0.717, 1.165) is 0 Å². The first-order chi connectivity index (χ1) is 10.3. The first kappa shape index (κ1) is 15.8. The maximum atomic E-state index is 12.1. The fourth-order valence-electron chi connectivity index (χ4n) is 1.90. The molecule has 4 nitrogen and oxygen atoms in total. The van der Waals surface area contributed by atoms with Gasteiger partial charge in [-0.25, -0.2) is 4.79 Å². The fourth-order valence-corrected chi connectivity index (χ4v) is 1.90. The van der Waals surface area contributed by atoms with Gasteiger partial charge in [-0.3, -0.25) is 0 Å². The molecule has 7 heteroatoms. The number of hydrogen-bond acceptors (Lipinski definition) is 3. The SMILES string of the molecule is N[C@H](c1ccc(OC(F)(F)F)cc1)c1ccc(C(=O)O)cc1. The second-order valence-electron chi connectivity index (χ2n) is 4.52. The lowest BCUT2D eigenvalue weighted by Crippen LogP contribution is -2.17. The van der Waals surface area contributed by atoms with Crippen molar-refractivity contribution in [3.63, 3.8) is 0 Å². The lowest BCUT2D eigenvalue weighted by atomic mass is 9.98. The Morgan fingerprint density at radius 3 is 1.86 bits per heavy atom. The zero-order valence-electron chi connectivity index (χ0n) is 11.2. The van der Waals surface area contributed by atoms with Crippen LogP contribution in [0.25, 0.3) is 0 Å². The van der Waals surface area contributed by atoms with Crippen LogP contribution in [0.3, 0.4) is 0 Å². The van der Waals surface area contributed by atoms with E-state index < -0.39 is 18.4 Å². The average Bonchev–Trinajstić information content (AvgIpc) is 2.46. The van der Waals surface area contributed by atoms with Gasteiger partial charge in [0.05, 0.1) is 11.6 Å². The van der Waals surface area contributed by atoms with Crippen LogP contribution < -0.4 is 10.5 Å². The van der Waals surface area contributed by atoms with Crippen LogP contribution >= 0.6 is 0 Å². The minimum Gasteiger partial charge on any atom is -0.478 e. The molecule has 0 unspecified atom stereocenters. The summed E-state index contributed by atoms with van der Waals surface area (Å²) in [6.45, 7) is 0. The molecule has 0 aliphatic rings. The molecule has 2 aromatic rings. The van der Waals surface area contributed by atoms with Gasteiger partial charge in [-0.05, 0) is 35.4 Å². The highest BCUT2D eigenvalue weighted by Gasteiger charge is 2.31. The molecule has 0 amide bonds. The molecule has 0 spiro atoms. The van der Waals surface area contributed by atoms with E-state index in [1.807, 2.05) is 0 Å². The minimum atomic E-state index is -4.74. The Bertz CT molecular complexity index is 651. The van der Waals surface area contributed by atoms with Crippen LogP contribution in [-0.2, 0) is 0 Å². The van der Waals surface area contributed by atoms with Gasteiger partial charge in [-0.15, -0.1) is 13.2 Å². The van der Waals surface area contributed by atoms with Crippen LogP contribution in [-0.4, -0.2) is 17.4 Å². The molecule has 0 saturated carbocycles. The van der Waals surface area contributed by atoms with Crippen LogP contribution in [0.15, 0.2) is 48.5 Å². The molecule has 0 aromatic heterocycles. The van der Waals surface area contributed by atoms with Gasteiger partial charge in [-0.1, -0.05) is 24.3 Å². The van der Waals surface area contributed by atoms with Crippen LogP contribution in [0.1, 0.15) is 27.5 Å². The number of halogens is 3. The maximum absolute atomic E-state index is 12.1. The van der Waals surface area contributed by atoms with E-state index in [1.54, 1.807) is 12.1 Å². The van der Waals surface area contributed by atoms with Gasteiger partial charge in [-0.2, -0.15) is 0 Å². The Balaban J connectivity index is 2.15. The lowest BCUT2D eigenvalue weighted by Gasteiger charge is -2.14. The monoisotopic (exact) mass is 311 g/mol. The molecular formula is C15H12F3NO3. The number of hydrogen-bond donors (Lipinski definition) is 2. The van der Waals surface area contributed by atoms with Crippen molar-refractivity contribution in [1.29, 1.82) is 0 Å². The van der Waals surface area contributed by atoms with Gasteiger partial charge in [0.1, 0.15) is 5.75 Å². The van der Waals surface area contributed by atoms with Crippen molar-refractivity contribution in [1.82, 2.24) is 0 Å². The van der Waals surface area contributed by atoms with Crippen LogP contribution in [0.2, 0.25) is 0 Å². The Labute approximate surface area is 123 Å². The number of nitrogens with two attached hydrogens (primary N) is 1. The summed E-state index contributed by atoms with van der Waals surface area (Å²) in [4.78, 5) is 10.8. The average molecular weight is 311 g/mol. The molecule has 0 heterocycles. The maximum Gasteiger partial charge on any atom is 0.573 e. The third-order valence-electron chi connectivity index (χ3n) is 2.99. The van der Waals surface area contributed by atoms with Crippen molar-refractivity contribution >= 4 is 5.97 Å². The summed E-state index contributed by atoms with van der Waals surface area (Å²) >= 11 is 0. The molecule has 0 aliphatic heterocycles. The fraction of sp³-hybridized carbons (Fsp3) is 0.133. The van der Waals surface area contributed by atoms with E-state index in [1.165, 1.54) is 36.4 Å². The zero-order valence-corrected chi connectivity index (χ0v) is 11.2. The highest BCUT2D eigenvalue weighted by molar-refractivity contribution is 5.87. The second-order valence-corrected chi connectivity index (χ2v) is 4.52. The number of carboxylic acids is 1. The van der Waals surface area contributed by atoms with Crippen molar-refractivity contribution in [3.05, 3.63) is 65.2 Å². The summed E-state index contributed by atoms with van der Waals surface area (Å²) in [5.74, 6) is -1.38. The predicted octanol–water partition coefficient (Wildman–Crippen LogP) is 3.33. The summed E-state index contributed by atoms with van der Waals surface area (Å²) in [6, 6.07) is 10.6. The molecule has 0 fully saturated rings. The summed E-state index contributed by atoms with van der Waals surface area (Å²) in [5, 5.41) is 8.82. The number of alkyl halides is 3. The number of benzene rings is 2. The summed E-state index contributed by atoms with van der Waals surface area (Å²) < 4.78 is 40.0. The first-order valence-electron chi connectivity index (χ1n) is 6.21. The van der Waals surface area contributed by atoms with Gasteiger partial charge in [0.15, 0.2) is 0 Å². The van der Waals surface area contributed by atoms with Crippen molar-refractivity contribution < 1.29 is 27.8 Å². The standard InChI is InChI=1S/C15H12F3NO3/c16-15(17,18)22-12-7-5-10(6-8-12)13(19)9-1-3-11(4-2-9)14(20)21/h1-8,13H,19H2,(H,20,21)/t13-/m0/s1. The van der Waals surface area contributed by atoms with E-state index >= 15 is 0 Å². The zero-order chi connectivity index (χ0) is 16.3. The van der Waals surface area contributed by atoms with Gasteiger partial charge in [0.2, 0.25) is 0 Å². The van der Waals surface area contributed by atoms with Crippen LogP contribution in [0, 0.1) is 0 Å². The largest absolute Gasteiger partial charge is 0.573 e. The van der Waals surface area contributed by atoms with Gasteiger partial charge < -0.3 is 15.6 Å². The van der Waals surface area contributed by atoms with Crippen molar-refractivity contribution in [2.24, 2.45) is 5.73 Å². The van der Waals surface area contributed by atoms with E-state index in [0.29, 0.717) is 11.1 Å². The molecule has 0 aliphatic carbocycles. The van der Waals surface area contributed by atoms with Crippen LogP contribution in [0.4, 0.5) is 13.2 Å². The van der Waals surface area contributed by atoms with E-state index in [9.17, 15) is 18.0 Å². The normalized spacial score (nSPS) is 12.7. The summed E-state index contributed by atoms with van der Waals surface area (Å²) in [7, 11) is 0. The molecular weight excluding hydrogens is 299 g/mol. The predicted molar refractivity (Wildman–Crippen MR) is 72.6 cm³/mol. The number of ether oxygens (including phenoxy) is 1. The molecule has 2 aromatic carbocycles. The molecule has 1 atom stereocenters.